The Morgan fingerprint density at radius 3 is 2.44 bits per heavy atom. The average Bonchev–Trinajstić information content (AvgIpc) is 1.77. The van der Waals surface area contributed by atoms with E-state index in [0.717, 1.165) is 5.92 Å². The minimum Gasteiger partial charge on any atom is -0.0620 e. The lowest BCUT2D eigenvalue weighted by Gasteiger charge is -2.35. The average molecular weight is 124 g/mol. The summed E-state index contributed by atoms with van der Waals surface area (Å²) in [5, 5.41) is 0. The van der Waals surface area contributed by atoms with Gasteiger partial charge in [0.25, 0.3) is 0 Å². The molecule has 9 heavy (non-hydrogen) atoms. The first-order chi connectivity index (χ1) is 4.13. The van der Waals surface area contributed by atoms with E-state index in [1.54, 1.807) is 0 Å². The second kappa shape index (κ2) is 2.32. The van der Waals surface area contributed by atoms with Crippen LogP contribution < -0.4 is 0 Å². The Balaban J connectivity index is 2.49. The van der Waals surface area contributed by atoms with Crippen LogP contribution in [0.25, 0.3) is 0 Å². The van der Waals surface area contributed by atoms with Crippen LogP contribution in [0.5, 0.6) is 0 Å². The number of hydrogen-bond donors (Lipinski definition) is 0. The van der Waals surface area contributed by atoms with Gasteiger partial charge < -0.3 is 0 Å². The molecule has 1 aliphatic carbocycles. The summed E-state index contributed by atoms with van der Waals surface area (Å²) in [7, 11) is 0. The monoisotopic (exact) mass is 124 g/mol. The molecule has 0 heterocycles. The predicted octanol–water partition coefficient (Wildman–Crippen LogP) is 2.91. The van der Waals surface area contributed by atoms with Gasteiger partial charge >= 0.3 is 0 Å². The van der Waals surface area contributed by atoms with E-state index < -0.39 is 0 Å². The third-order valence-electron chi connectivity index (χ3n) is 2.63. The molecule has 2 radical (unpaired) electrons. The number of rotatable bonds is 0. The first kappa shape index (κ1) is 7.11. The Labute approximate surface area is 58.7 Å². The zero-order chi connectivity index (χ0) is 6.91. The summed E-state index contributed by atoms with van der Waals surface area (Å²) in [6.45, 7) is 6.90. The van der Waals surface area contributed by atoms with Gasteiger partial charge in [-0.05, 0) is 24.2 Å². The molecule has 0 bridgehead atoms. The highest BCUT2D eigenvalue weighted by Gasteiger charge is 2.28. The zero-order valence-corrected chi connectivity index (χ0v) is 6.70. The van der Waals surface area contributed by atoms with Crippen molar-refractivity contribution in [1.82, 2.24) is 0 Å². The van der Waals surface area contributed by atoms with Crippen molar-refractivity contribution in [2.75, 3.05) is 0 Å². The third kappa shape index (κ3) is 1.47. The summed E-state index contributed by atoms with van der Waals surface area (Å²) in [6, 6.07) is 0. The summed E-state index contributed by atoms with van der Waals surface area (Å²) < 4.78 is 0. The molecule has 0 amide bonds. The van der Waals surface area contributed by atoms with Crippen LogP contribution in [0.4, 0.5) is 0 Å². The Kier molecular flexibility index (Phi) is 1.83. The van der Waals surface area contributed by atoms with E-state index in [0.29, 0.717) is 5.41 Å². The molecule has 1 unspecified atom stereocenters. The Bertz CT molecular complexity index is 92.2. The van der Waals surface area contributed by atoms with Gasteiger partial charge in [0.05, 0.1) is 0 Å². The molecule has 0 aliphatic heterocycles. The fourth-order valence-corrected chi connectivity index (χ4v) is 1.35. The summed E-state index contributed by atoms with van der Waals surface area (Å²) in [5.74, 6) is 0.839. The molecular formula is C9H16. The van der Waals surface area contributed by atoms with E-state index in [-0.39, 0.29) is 0 Å². The fraction of sp³-hybridized carbons (Fsp3) is 0.889. The maximum Gasteiger partial charge on any atom is -0.0109 e. The number of hydrogen-bond acceptors (Lipinski definition) is 0. The third-order valence-corrected chi connectivity index (χ3v) is 2.63. The van der Waals surface area contributed by atoms with Crippen molar-refractivity contribution in [1.29, 1.82) is 0 Å². The van der Waals surface area contributed by atoms with Crippen LogP contribution in [0.2, 0.25) is 0 Å². The lowest BCUT2D eigenvalue weighted by molar-refractivity contribution is 0.220. The molecule has 1 fully saturated rings. The van der Waals surface area contributed by atoms with Gasteiger partial charge in [0.15, 0.2) is 0 Å². The van der Waals surface area contributed by atoms with Gasteiger partial charge in [-0.1, -0.05) is 33.6 Å². The largest absolute Gasteiger partial charge is 0.0620 e. The second-order valence-corrected chi connectivity index (χ2v) is 3.69. The SMILES string of the molecule is CC1CCC[C]C1(C)C. The van der Waals surface area contributed by atoms with E-state index in [1.165, 1.54) is 19.3 Å². The van der Waals surface area contributed by atoms with Crippen LogP contribution in [0.3, 0.4) is 0 Å². The fourth-order valence-electron chi connectivity index (χ4n) is 1.35. The molecule has 1 saturated carbocycles. The molecule has 0 aromatic heterocycles. The van der Waals surface area contributed by atoms with E-state index in [9.17, 15) is 0 Å². The maximum absolute atomic E-state index is 3.51. The lowest BCUT2D eigenvalue weighted by atomic mass is 9.70. The molecule has 0 aromatic rings. The molecule has 0 N–H and O–H groups in total. The van der Waals surface area contributed by atoms with E-state index in [4.69, 9.17) is 0 Å². The Hall–Kier alpha value is 0. The predicted molar refractivity (Wildman–Crippen MR) is 40.0 cm³/mol. The van der Waals surface area contributed by atoms with Gasteiger partial charge in [0, 0.05) is 0 Å². The molecular weight excluding hydrogens is 108 g/mol. The lowest BCUT2D eigenvalue weighted by Crippen LogP contribution is -2.25. The van der Waals surface area contributed by atoms with Crippen LogP contribution in [0, 0.1) is 17.8 Å². The van der Waals surface area contributed by atoms with Crippen molar-refractivity contribution in [3.8, 4) is 0 Å². The summed E-state index contributed by atoms with van der Waals surface area (Å²) in [4.78, 5) is 0. The molecule has 0 spiro atoms. The van der Waals surface area contributed by atoms with Crippen molar-refractivity contribution in [3.63, 3.8) is 0 Å². The molecule has 1 aliphatic rings. The smallest absolute Gasteiger partial charge is 0.0109 e. The minimum absolute atomic E-state index is 0.387. The van der Waals surface area contributed by atoms with Crippen LogP contribution in [-0.2, 0) is 0 Å². The van der Waals surface area contributed by atoms with Gasteiger partial charge in [-0.15, -0.1) is 0 Å². The zero-order valence-electron chi connectivity index (χ0n) is 6.70. The highest BCUT2D eigenvalue weighted by atomic mass is 14.3. The van der Waals surface area contributed by atoms with Crippen molar-refractivity contribution >= 4 is 0 Å². The topological polar surface area (TPSA) is 0 Å². The molecule has 1 rings (SSSR count). The van der Waals surface area contributed by atoms with Crippen molar-refractivity contribution in [3.05, 3.63) is 6.42 Å². The first-order valence-corrected chi connectivity index (χ1v) is 3.88. The van der Waals surface area contributed by atoms with Crippen LogP contribution >= 0.6 is 0 Å². The van der Waals surface area contributed by atoms with Crippen molar-refractivity contribution in [2.45, 2.75) is 40.0 Å². The highest BCUT2D eigenvalue weighted by molar-refractivity contribution is 4.92. The molecule has 0 aromatic carbocycles. The molecule has 0 heteroatoms. The summed E-state index contributed by atoms with van der Waals surface area (Å²) in [5.41, 5.74) is 0.387. The first-order valence-electron chi connectivity index (χ1n) is 3.88. The maximum atomic E-state index is 3.51. The molecule has 1 atom stereocenters. The second-order valence-electron chi connectivity index (χ2n) is 3.69. The van der Waals surface area contributed by atoms with Crippen molar-refractivity contribution in [2.24, 2.45) is 11.3 Å². The van der Waals surface area contributed by atoms with Crippen LogP contribution in [0.15, 0.2) is 0 Å². The minimum atomic E-state index is 0.387. The van der Waals surface area contributed by atoms with Crippen molar-refractivity contribution < 1.29 is 0 Å². The van der Waals surface area contributed by atoms with E-state index >= 15 is 0 Å². The van der Waals surface area contributed by atoms with Gasteiger partial charge in [-0.3, -0.25) is 0 Å². The summed E-state index contributed by atoms with van der Waals surface area (Å²) >= 11 is 0. The van der Waals surface area contributed by atoms with Gasteiger partial charge in [0.1, 0.15) is 0 Å². The standard InChI is InChI=1S/C9H16/c1-8-6-4-5-7-9(8,2)3/h8H,4-6H2,1-3H3. The quantitative estimate of drug-likeness (QED) is 0.466. The Morgan fingerprint density at radius 1 is 1.44 bits per heavy atom. The van der Waals surface area contributed by atoms with Crippen LogP contribution in [0.1, 0.15) is 40.0 Å². The van der Waals surface area contributed by atoms with E-state index in [1.807, 2.05) is 0 Å². The summed E-state index contributed by atoms with van der Waals surface area (Å²) in [6.07, 6.45) is 7.45. The molecule has 0 saturated heterocycles. The normalized spacial score (nSPS) is 34.3. The van der Waals surface area contributed by atoms with E-state index in [2.05, 4.69) is 27.2 Å². The highest BCUT2D eigenvalue weighted by Crippen LogP contribution is 2.38. The van der Waals surface area contributed by atoms with Crippen LogP contribution in [-0.4, -0.2) is 0 Å². The van der Waals surface area contributed by atoms with Gasteiger partial charge in [-0.25, -0.2) is 0 Å². The van der Waals surface area contributed by atoms with Gasteiger partial charge in [0.2, 0.25) is 0 Å². The molecule has 52 valence electrons. The van der Waals surface area contributed by atoms with Gasteiger partial charge in [-0.2, -0.15) is 0 Å². The Morgan fingerprint density at radius 2 is 2.11 bits per heavy atom. The molecule has 0 nitrogen and oxygen atoms in total.